The first kappa shape index (κ1) is 5.03. The highest BCUT2D eigenvalue weighted by Gasteiger charge is 1.88. The minimum Gasteiger partial charge on any atom is -0.374 e. The van der Waals surface area contributed by atoms with Crippen LogP contribution in [0.5, 0.6) is 0 Å². The number of nitrogens with one attached hydrogen (secondary N) is 3. The van der Waals surface area contributed by atoms with Crippen LogP contribution in [0.1, 0.15) is 0 Å². The van der Waals surface area contributed by atoms with Crippen LogP contribution in [0.3, 0.4) is 0 Å². The SMILES string of the molecule is CNC1=CNC=CN1. The van der Waals surface area contributed by atoms with Crippen LogP contribution in [-0.2, 0) is 0 Å². The van der Waals surface area contributed by atoms with E-state index in [4.69, 9.17) is 0 Å². The topological polar surface area (TPSA) is 36.1 Å². The van der Waals surface area contributed by atoms with Crippen LogP contribution in [0.4, 0.5) is 0 Å². The van der Waals surface area contributed by atoms with Gasteiger partial charge >= 0.3 is 0 Å². The van der Waals surface area contributed by atoms with Crippen LogP contribution in [0.25, 0.3) is 0 Å². The van der Waals surface area contributed by atoms with Crippen molar-refractivity contribution in [3.63, 3.8) is 0 Å². The Balaban J connectivity index is 2.43. The molecule has 0 radical (unpaired) electrons. The summed E-state index contributed by atoms with van der Waals surface area (Å²) in [6, 6.07) is 0. The van der Waals surface area contributed by atoms with E-state index in [-0.39, 0.29) is 0 Å². The first-order valence-corrected chi connectivity index (χ1v) is 2.49. The predicted molar refractivity (Wildman–Crippen MR) is 32.6 cm³/mol. The molecule has 0 aromatic carbocycles. The van der Waals surface area contributed by atoms with E-state index in [1.807, 2.05) is 25.6 Å². The Kier molecular flexibility index (Phi) is 1.42. The Morgan fingerprint density at radius 3 is 2.75 bits per heavy atom. The van der Waals surface area contributed by atoms with Gasteiger partial charge in [-0.1, -0.05) is 0 Å². The minimum absolute atomic E-state index is 0.979. The quantitative estimate of drug-likeness (QED) is 0.433. The van der Waals surface area contributed by atoms with E-state index < -0.39 is 0 Å². The highest BCUT2D eigenvalue weighted by atomic mass is 15.1. The van der Waals surface area contributed by atoms with Crippen LogP contribution < -0.4 is 16.0 Å². The summed E-state index contributed by atoms with van der Waals surface area (Å²) in [5.41, 5.74) is 0. The molecule has 0 saturated carbocycles. The average Bonchev–Trinajstić information content (AvgIpc) is 1.90. The van der Waals surface area contributed by atoms with Crippen molar-refractivity contribution in [2.45, 2.75) is 0 Å². The fraction of sp³-hybridized carbons (Fsp3) is 0.200. The van der Waals surface area contributed by atoms with Crippen LogP contribution in [0.15, 0.2) is 24.4 Å². The average molecular weight is 111 g/mol. The van der Waals surface area contributed by atoms with Gasteiger partial charge in [0.25, 0.3) is 0 Å². The van der Waals surface area contributed by atoms with Crippen molar-refractivity contribution in [1.82, 2.24) is 16.0 Å². The molecule has 3 nitrogen and oxygen atoms in total. The van der Waals surface area contributed by atoms with Gasteiger partial charge in [0.05, 0.1) is 0 Å². The highest BCUT2D eigenvalue weighted by molar-refractivity contribution is 5.05. The van der Waals surface area contributed by atoms with Crippen LogP contribution in [-0.4, -0.2) is 7.05 Å². The van der Waals surface area contributed by atoms with Crippen molar-refractivity contribution in [3.05, 3.63) is 24.4 Å². The zero-order valence-corrected chi connectivity index (χ0v) is 4.73. The summed E-state index contributed by atoms with van der Waals surface area (Å²) in [7, 11) is 1.86. The van der Waals surface area contributed by atoms with Gasteiger partial charge in [0, 0.05) is 25.6 Å². The van der Waals surface area contributed by atoms with Crippen molar-refractivity contribution in [2.24, 2.45) is 0 Å². The van der Waals surface area contributed by atoms with Crippen molar-refractivity contribution in [3.8, 4) is 0 Å². The molecular weight excluding hydrogens is 102 g/mol. The van der Waals surface area contributed by atoms with Gasteiger partial charge in [0.2, 0.25) is 0 Å². The molecule has 0 fully saturated rings. The summed E-state index contributed by atoms with van der Waals surface area (Å²) in [6.07, 6.45) is 5.49. The third-order valence-electron chi connectivity index (χ3n) is 0.915. The van der Waals surface area contributed by atoms with E-state index in [0.717, 1.165) is 5.82 Å². The molecule has 1 heterocycles. The molecule has 0 amide bonds. The molecule has 0 saturated heterocycles. The Bertz CT molecular complexity index is 126. The van der Waals surface area contributed by atoms with Gasteiger partial charge in [-0.3, -0.25) is 0 Å². The van der Waals surface area contributed by atoms with Gasteiger partial charge < -0.3 is 16.0 Å². The lowest BCUT2D eigenvalue weighted by atomic mass is 10.6. The Morgan fingerprint density at radius 1 is 1.50 bits per heavy atom. The summed E-state index contributed by atoms with van der Waals surface area (Å²) < 4.78 is 0. The smallest absolute Gasteiger partial charge is 0.119 e. The molecule has 0 aliphatic carbocycles. The van der Waals surface area contributed by atoms with Crippen LogP contribution in [0.2, 0.25) is 0 Å². The summed E-state index contributed by atoms with van der Waals surface area (Å²) >= 11 is 0. The minimum atomic E-state index is 0.979. The lowest BCUT2D eigenvalue weighted by Gasteiger charge is -2.09. The fourth-order valence-corrected chi connectivity index (χ4v) is 0.497. The molecule has 0 bridgehead atoms. The van der Waals surface area contributed by atoms with E-state index in [9.17, 15) is 0 Å². The maximum absolute atomic E-state index is 2.98. The molecule has 0 spiro atoms. The molecule has 1 rings (SSSR count). The molecule has 0 aromatic heterocycles. The number of hydrogen-bond donors (Lipinski definition) is 3. The van der Waals surface area contributed by atoms with Crippen molar-refractivity contribution in [1.29, 1.82) is 0 Å². The van der Waals surface area contributed by atoms with Gasteiger partial charge in [-0.05, 0) is 0 Å². The number of hydrogen-bond acceptors (Lipinski definition) is 3. The Morgan fingerprint density at radius 2 is 2.38 bits per heavy atom. The van der Waals surface area contributed by atoms with Gasteiger partial charge in [-0.15, -0.1) is 0 Å². The normalized spacial score (nSPS) is 15.9. The third kappa shape index (κ3) is 0.932. The number of rotatable bonds is 1. The van der Waals surface area contributed by atoms with E-state index in [2.05, 4.69) is 16.0 Å². The maximum Gasteiger partial charge on any atom is 0.119 e. The van der Waals surface area contributed by atoms with Crippen LogP contribution in [0, 0.1) is 0 Å². The van der Waals surface area contributed by atoms with E-state index in [1.54, 1.807) is 0 Å². The maximum atomic E-state index is 2.98. The van der Waals surface area contributed by atoms with Crippen molar-refractivity contribution >= 4 is 0 Å². The largest absolute Gasteiger partial charge is 0.374 e. The Labute approximate surface area is 48.5 Å². The van der Waals surface area contributed by atoms with Crippen LogP contribution >= 0.6 is 0 Å². The van der Waals surface area contributed by atoms with Gasteiger partial charge in [-0.2, -0.15) is 0 Å². The van der Waals surface area contributed by atoms with Gasteiger partial charge in [0.15, 0.2) is 0 Å². The monoisotopic (exact) mass is 111 g/mol. The third-order valence-corrected chi connectivity index (χ3v) is 0.915. The highest BCUT2D eigenvalue weighted by Crippen LogP contribution is 1.82. The predicted octanol–water partition coefficient (Wildman–Crippen LogP) is -0.331. The first-order chi connectivity index (χ1) is 3.93. The Hall–Kier alpha value is -1.12. The molecule has 8 heavy (non-hydrogen) atoms. The zero-order chi connectivity index (χ0) is 5.82. The van der Waals surface area contributed by atoms with E-state index >= 15 is 0 Å². The molecule has 3 heteroatoms. The molecule has 0 unspecified atom stereocenters. The lowest BCUT2D eigenvalue weighted by molar-refractivity contribution is 0.825. The van der Waals surface area contributed by atoms with Crippen molar-refractivity contribution < 1.29 is 0 Å². The molecule has 0 aromatic rings. The summed E-state index contributed by atoms with van der Waals surface area (Å²) in [5.74, 6) is 0.979. The van der Waals surface area contributed by atoms with Gasteiger partial charge in [0.1, 0.15) is 5.82 Å². The summed E-state index contributed by atoms with van der Waals surface area (Å²) in [6.45, 7) is 0. The molecule has 1 aliphatic heterocycles. The molecule has 44 valence electrons. The second-order valence-electron chi connectivity index (χ2n) is 1.45. The van der Waals surface area contributed by atoms with E-state index in [0.29, 0.717) is 0 Å². The van der Waals surface area contributed by atoms with E-state index in [1.165, 1.54) is 0 Å². The summed E-state index contributed by atoms with van der Waals surface area (Å²) in [5, 5.41) is 8.83. The molecule has 1 aliphatic rings. The standard InChI is InChI=1S/C5H9N3/c1-6-5-4-7-2-3-8-5/h2-4,6-8H,1H3. The zero-order valence-electron chi connectivity index (χ0n) is 4.73. The molecule has 0 atom stereocenters. The lowest BCUT2D eigenvalue weighted by Crippen LogP contribution is -2.24. The second-order valence-corrected chi connectivity index (χ2v) is 1.45. The van der Waals surface area contributed by atoms with Gasteiger partial charge in [-0.25, -0.2) is 0 Å². The second kappa shape index (κ2) is 2.26. The fourth-order valence-electron chi connectivity index (χ4n) is 0.497. The first-order valence-electron chi connectivity index (χ1n) is 2.49. The summed E-state index contributed by atoms with van der Waals surface area (Å²) in [4.78, 5) is 0. The van der Waals surface area contributed by atoms with Crippen molar-refractivity contribution in [2.75, 3.05) is 7.05 Å². The molecular formula is C5H9N3. The molecule has 3 N–H and O–H groups in total.